The van der Waals surface area contributed by atoms with Crippen molar-refractivity contribution in [1.82, 2.24) is 9.97 Å². The van der Waals surface area contributed by atoms with Crippen LogP contribution in [0.25, 0.3) is 11.0 Å². The normalized spacial score (nSPS) is 14.7. The van der Waals surface area contributed by atoms with E-state index in [0.29, 0.717) is 18.8 Å². The molecule has 3 aromatic rings. The summed E-state index contributed by atoms with van der Waals surface area (Å²) in [5.74, 6) is 0.708. The first-order valence-electron chi connectivity index (χ1n) is 8.40. The average molecular weight is 336 g/mol. The Morgan fingerprint density at radius 2 is 2.00 bits per heavy atom. The molecule has 6 heteroatoms. The summed E-state index contributed by atoms with van der Waals surface area (Å²) in [6, 6.07) is 13.4. The first-order valence-corrected chi connectivity index (χ1v) is 8.40. The molecule has 6 nitrogen and oxygen atoms in total. The van der Waals surface area contributed by atoms with Crippen molar-refractivity contribution in [2.75, 3.05) is 36.5 Å². The highest BCUT2D eigenvalue weighted by Gasteiger charge is 2.16. The molecule has 0 aliphatic carbocycles. The molecular weight excluding hydrogens is 316 g/mol. The lowest BCUT2D eigenvalue weighted by Gasteiger charge is -2.30. The minimum absolute atomic E-state index is 0.130. The number of anilines is 2. The summed E-state index contributed by atoms with van der Waals surface area (Å²) in [5, 5.41) is 3.04. The lowest BCUT2D eigenvalue weighted by atomic mass is 10.1. The number of benzene rings is 2. The fraction of sp³-hybridized carbons (Fsp3) is 0.263. The van der Waals surface area contributed by atoms with Gasteiger partial charge < -0.3 is 19.9 Å². The molecule has 1 saturated heterocycles. The zero-order valence-corrected chi connectivity index (χ0v) is 14.1. The summed E-state index contributed by atoms with van der Waals surface area (Å²) in [5.41, 5.74) is 4.18. The van der Waals surface area contributed by atoms with Crippen LogP contribution in [-0.4, -0.2) is 42.2 Å². The molecule has 4 rings (SSSR count). The Bertz CT molecular complexity index is 913. The zero-order chi connectivity index (χ0) is 17.2. The fourth-order valence-electron chi connectivity index (χ4n) is 3.13. The maximum Gasteiger partial charge on any atom is 0.255 e. The van der Waals surface area contributed by atoms with Gasteiger partial charge in [-0.3, -0.25) is 4.79 Å². The van der Waals surface area contributed by atoms with Gasteiger partial charge in [0.15, 0.2) is 0 Å². The highest BCUT2D eigenvalue weighted by molar-refractivity contribution is 6.07. The number of carbonyl (C=O) groups excluding carboxylic acids is 1. The van der Waals surface area contributed by atoms with Crippen LogP contribution in [0, 0.1) is 6.92 Å². The van der Waals surface area contributed by atoms with Crippen molar-refractivity contribution in [2.45, 2.75) is 6.92 Å². The van der Waals surface area contributed by atoms with Crippen LogP contribution in [0.4, 0.5) is 11.4 Å². The number of nitrogens with one attached hydrogen (secondary N) is 2. The number of aromatic amines is 1. The molecule has 0 bridgehead atoms. The lowest BCUT2D eigenvalue weighted by Crippen LogP contribution is -2.36. The van der Waals surface area contributed by atoms with Gasteiger partial charge in [0.2, 0.25) is 0 Å². The highest BCUT2D eigenvalue weighted by atomic mass is 16.5. The van der Waals surface area contributed by atoms with E-state index in [9.17, 15) is 4.79 Å². The van der Waals surface area contributed by atoms with E-state index < -0.39 is 0 Å². The molecule has 2 N–H and O–H groups in total. The van der Waals surface area contributed by atoms with Crippen molar-refractivity contribution < 1.29 is 9.53 Å². The molecule has 0 atom stereocenters. The van der Waals surface area contributed by atoms with Crippen molar-refractivity contribution in [3.63, 3.8) is 0 Å². The Morgan fingerprint density at radius 1 is 1.20 bits per heavy atom. The number of fused-ring (bicyclic) bond motifs is 1. The van der Waals surface area contributed by atoms with Crippen LogP contribution in [0.15, 0.2) is 42.5 Å². The van der Waals surface area contributed by atoms with E-state index in [1.54, 1.807) is 6.07 Å². The molecular formula is C19H20N4O2. The quantitative estimate of drug-likeness (QED) is 0.771. The number of hydrogen-bond donors (Lipinski definition) is 2. The number of H-pyrrole nitrogens is 1. The van der Waals surface area contributed by atoms with E-state index in [4.69, 9.17) is 4.74 Å². The summed E-state index contributed by atoms with van der Waals surface area (Å²) < 4.78 is 5.42. The van der Waals surface area contributed by atoms with Gasteiger partial charge >= 0.3 is 0 Å². The van der Waals surface area contributed by atoms with Crippen LogP contribution < -0.4 is 10.2 Å². The number of amides is 1. The Balaban J connectivity index is 1.59. The topological polar surface area (TPSA) is 70.2 Å². The number of carbonyl (C=O) groups is 1. The van der Waals surface area contributed by atoms with Gasteiger partial charge in [0.05, 0.1) is 35.6 Å². The molecule has 128 valence electrons. The van der Waals surface area contributed by atoms with Gasteiger partial charge in [-0.2, -0.15) is 0 Å². The first kappa shape index (κ1) is 15.7. The maximum atomic E-state index is 12.7. The summed E-state index contributed by atoms with van der Waals surface area (Å²) >= 11 is 0. The number of morpholine rings is 1. The molecule has 1 aliphatic rings. The minimum Gasteiger partial charge on any atom is -0.378 e. The first-order chi connectivity index (χ1) is 12.2. The third kappa shape index (κ3) is 3.21. The standard InChI is InChI=1S/C19H20N4O2/c1-13-20-15-7-6-14(12-17(15)21-13)19(24)22-16-4-2-3-5-18(16)23-8-10-25-11-9-23/h2-7,12H,8-11H2,1H3,(H,20,21)(H,22,24). The molecule has 1 aliphatic heterocycles. The van der Waals surface area contributed by atoms with E-state index in [0.717, 1.165) is 41.3 Å². The molecule has 0 saturated carbocycles. The largest absolute Gasteiger partial charge is 0.378 e. The second kappa shape index (κ2) is 6.57. The molecule has 0 spiro atoms. The van der Waals surface area contributed by atoms with Crippen molar-refractivity contribution >= 4 is 28.3 Å². The Labute approximate surface area is 145 Å². The number of aryl methyl sites for hydroxylation is 1. The summed E-state index contributed by atoms with van der Waals surface area (Å²) in [6.45, 7) is 4.97. The molecule has 1 aromatic heterocycles. The van der Waals surface area contributed by atoms with Crippen LogP contribution in [0.2, 0.25) is 0 Å². The van der Waals surface area contributed by atoms with E-state index in [2.05, 4.69) is 20.2 Å². The molecule has 25 heavy (non-hydrogen) atoms. The Hall–Kier alpha value is -2.86. The molecule has 2 heterocycles. The van der Waals surface area contributed by atoms with Gasteiger partial charge in [0, 0.05) is 18.7 Å². The fourth-order valence-corrected chi connectivity index (χ4v) is 3.13. The minimum atomic E-state index is -0.130. The number of hydrogen-bond acceptors (Lipinski definition) is 4. The predicted molar refractivity (Wildman–Crippen MR) is 98.3 cm³/mol. The molecule has 0 radical (unpaired) electrons. The van der Waals surface area contributed by atoms with Gasteiger partial charge in [-0.05, 0) is 37.3 Å². The van der Waals surface area contributed by atoms with E-state index in [1.165, 1.54) is 0 Å². The van der Waals surface area contributed by atoms with Gasteiger partial charge in [0.1, 0.15) is 5.82 Å². The van der Waals surface area contributed by atoms with Crippen molar-refractivity contribution in [3.05, 3.63) is 53.9 Å². The van der Waals surface area contributed by atoms with Crippen molar-refractivity contribution in [1.29, 1.82) is 0 Å². The van der Waals surface area contributed by atoms with Crippen LogP contribution >= 0.6 is 0 Å². The zero-order valence-electron chi connectivity index (χ0n) is 14.1. The van der Waals surface area contributed by atoms with E-state index in [-0.39, 0.29) is 5.91 Å². The second-order valence-corrected chi connectivity index (χ2v) is 6.12. The van der Waals surface area contributed by atoms with Crippen molar-refractivity contribution in [3.8, 4) is 0 Å². The van der Waals surface area contributed by atoms with Crippen LogP contribution in [0.5, 0.6) is 0 Å². The number of rotatable bonds is 3. The van der Waals surface area contributed by atoms with Gasteiger partial charge in [-0.15, -0.1) is 0 Å². The summed E-state index contributed by atoms with van der Waals surface area (Å²) in [7, 11) is 0. The maximum absolute atomic E-state index is 12.7. The molecule has 2 aromatic carbocycles. The highest BCUT2D eigenvalue weighted by Crippen LogP contribution is 2.27. The van der Waals surface area contributed by atoms with Crippen LogP contribution in [-0.2, 0) is 4.74 Å². The van der Waals surface area contributed by atoms with Crippen molar-refractivity contribution in [2.24, 2.45) is 0 Å². The lowest BCUT2D eigenvalue weighted by molar-refractivity contribution is 0.102. The third-order valence-corrected chi connectivity index (χ3v) is 4.37. The average Bonchev–Trinajstić information content (AvgIpc) is 3.02. The van der Waals surface area contributed by atoms with E-state index in [1.807, 2.05) is 43.3 Å². The third-order valence-electron chi connectivity index (χ3n) is 4.37. The molecule has 1 amide bonds. The Kier molecular flexibility index (Phi) is 4.11. The van der Waals surface area contributed by atoms with Gasteiger partial charge in [0.25, 0.3) is 5.91 Å². The monoisotopic (exact) mass is 336 g/mol. The van der Waals surface area contributed by atoms with Crippen LogP contribution in [0.1, 0.15) is 16.2 Å². The second-order valence-electron chi connectivity index (χ2n) is 6.12. The number of para-hydroxylation sites is 2. The number of ether oxygens (including phenoxy) is 1. The van der Waals surface area contributed by atoms with Crippen LogP contribution in [0.3, 0.4) is 0 Å². The smallest absolute Gasteiger partial charge is 0.255 e. The predicted octanol–water partition coefficient (Wildman–Crippen LogP) is 2.96. The van der Waals surface area contributed by atoms with Gasteiger partial charge in [-0.1, -0.05) is 12.1 Å². The number of imidazole rings is 1. The van der Waals surface area contributed by atoms with Gasteiger partial charge in [-0.25, -0.2) is 4.98 Å². The number of nitrogens with zero attached hydrogens (tertiary/aromatic N) is 2. The summed E-state index contributed by atoms with van der Waals surface area (Å²) in [6.07, 6.45) is 0. The number of aromatic nitrogens is 2. The molecule has 0 unspecified atom stereocenters. The van der Waals surface area contributed by atoms with E-state index >= 15 is 0 Å². The molecule has 1 fully saturated rings. The Morgan fingerprint density at radius 3 is 2.84 bits per heavy atom. The summed E-state index contributed by atoms with van der Waals surface area (Å²) in [4.78, 5) is 22.5. The SMILES string of the molecule is Cc1nc2ccc(C(=O)Nc3ccccc3N3CCOCC3)cc2[nH]1.